The maximum Gasteiger partial charge on any atom is 0.227 e. The predicted octanol–water partition coefficient (Wildman–Crippen LogP) is 5.66. The van der Waals surface area contributed by atoms with E-state index in [1.54, 1.807) is 7.11 Å². The van der Waals surface area contributed by atoms with Crippen LogP contribution in [0.3, 0.4) is 0 Å². The summed E-state index contributed by atoms with van der Waals surface area (Å²) in [5.74, 6) is 1.23. The average Bonchev–Trinajstić information content (AvgIpc) is 3.31. The summed E-state index contributed by atoms with van der Waals surface area (Å²) in [7, 11) is 7.84. The number of anilines is 4. The topological polar surface area (TPSA) is 84.5 Å². The molecule has 2 aromatic heterocycles. The zero-order chi connectivity index (χ0) is 28.4. The molecular formula is C31H42N7OP. The zero-order valence-electron chi connectivity index (χ0n) is 24.7. The number of aryl methyl sites for hydroxylation is 3. The summed E-state index contributed by atoms with van der Waals surface area (Å²) in [6, 6.07) is 10.6. The Balaban J connectivity index is 1.53. The van der Waals surface area contributed by atoms with Crippen molar-refractivity contribution in [3.05, 3.63) is 53.9 Å². The number of nitrogens with zero attached hydrogens (tertiary/aromatic N) is 5. The molecule has 0 unspecified atom stereocenters. The number of aromatic nitrogens is 3. The Kier molecular flexibility index (Phi) is 8.48. The van der Waals surface area contributed by atoms with Crippen molar-refractivity contribution in [1.82, 2.24) is 19.4 Å². The van der Waals surface area contributed by atoms with Crippen molar-refractivity contribution in [3.63, 3.8) is 0 Å². The molecule has 1 aliphatic heterocycles. The number of hydrogen-bond acceptors (Lipinski definition) is 7. The van der Waals surface area contributed by atoms with Crippen molar-refractivity contribution >= 4 is 41.8 Å². The number of nitrogens with two attached hydrogens (primary N) is 1. The van der Waals surface area contributed by atoms with Gasteiger partial charge in [0.2, 0.25) is 5.95 Å². The standard InChI is InChI=1S/C31H42N7OP/c1-36(2)14-15-37(3)27-18-28(39-4)26(17-25(27)32)34-31-33-19-22(12-16-40(5)6)29(35-31)24-20-38-13-8-10-21-9-7-11-23(24)30(21)38/h7,9,11,17-20H,8,10,12-16,32H2,1-6H3,(H,33,34,35). The van der Waals surface area contributed by atoms with E-state index in [1.807, 2.05) is 25.4 Å². The van der Waals surface area contributed by atoms with E-state index in [2.05, 4.69) is 71.5 Å². The Morgan fingerprint density at radius 3 is 2.73 bits per heavy atom. The number of para-hydroxylation sites is 1. The molecule has 4 aromatic rings. The van der Waals surface area contributed by atoms with Gasteiger partial charge in [-0.25, -0.2) is 9.97 Å². The van der Waals surface area contributed by atoms with Gasteiger partial charge >= 0.3 is 0 Å². The molecule has 0 radical (unpaired) electrons. The smallest absolute Gasteiger partial charge is 0.227 e. The molecule has 5 rings (SSSR count). The molecule has 0 aliphatic carbocycles. The summed E-state index contributed by atoms with van der Waals surface area (Å²) in [4.78, 5) is 14.2. The highest BCUT2D eigenvalue weighted by Crippen LogP contribution is 2.39. The van der Waals surface area contributed by atoms with Crippen LogP contribution in [0.1, 0.15) is 17.5 Å². The quantitative estimate of drug-likeness (QED) is 0.181. The number of benzene rings is 2. The normalized spacial score (nSPS) is 12.9. The predicted molar refractivity (Wildman–Crippen MR) is 171 cm³/mol. The number of nitrogen functional groups attached to an aromatic ring is 1. The van der Waals surface area contributed by atoms with Crippen molar-refractivity contribution < 1.29 is 4.74 Å². The second-order valence-electron chi connectivity index (χ2n) is 11.2. The fourth-order valence-electron chi connectivity index (χ4n) is 5.45. The highest BCUT2D eigenvalue weighted by Gasteiger charge is 2.21. The Morgan fingerprint density at radius 2 is 1.98 bits per heavy atom. The lowest BCUT2D eigenvalue weighted by atomic mass is 10.0. The summed E-state index contributed by atoms with van der Waals surface area (Å²) in [5, 5.41) is 4.69. The van der Waals surface area contributed by atoms with Gasteiger partial charge in [-0.2, -0.15) is 0 Å². The van der Waals surface area contributed by atoms with E-state index in [4.69, 9.17) is 20.4 Å². The Hall–Kier alpha value is -3.35. The molecule has 1 aliphatic rings. The van der Waals surface area contributed by atoms with Crippen LogP contribution < -0.4 is 20.7 Å². The van der Waals surface area contributed by atoms with Crippen molar-refractivity contribution in [2.45, 2.75) is 25.8 Å². The van der Waals surface area contributed by atoms with Crippen LogP contribution in [0, 0.1) is 0 Å². The molecule has 40 heavy (non-hydrogen) atoms. The molecule has 0 saturated carbocycles. The number of rotatable bonds is 11. The molecule has 2 aromatic carbocycles. The zero-order valence-corrected chi connectivity index (χ0v) is 25.6. The maximum atomic E-state index is 6.53. The van der Waals surface area contributed by atoms with Crippen molar-refractivity contribution in [1.29, 1.82) is 0 Å². The van der Waals surface area contributed by atoms with Crippen LogP contribution in [0.25, 0.3) is 22.2 Å². The van der Waals surface area contributed by atoms with Crippen LogP contribution in [0.15, 0.2) is 42.7 Å². The first-order valence-electron chi connectivity index (χ1n) is 14.0. The number of methoxy groups -OCH3 is 1. The fourth-order valence-corrected chi connectivity index (χ4v) is 6.13. The first kappa shape index (κ1) is 28.2. The summed E-state index contributed by atoms with van der Waals surface area (Å²) in [6.45, 7) is 7.47. The molecule has 3 N–H and O–H groups in total. The number of ether oxygens (including phenoxy) is 1. The monoisotopic (exact) mass is 559 g/mol. The third-order valence-corrected chi connectivity index (χ3v) is 8.78. The minimum absolute atomic E-state index is 0.0195. The van der Waals surface area contributed by atoms with Crippen LogP contribution in [0.5, 0.6) is 5.75 Å². The molecular weight excluding hydrogens is 517 g/mol. The van der Waals surface area contributed by atoms with Gasteiger partial charge in [-0.15, -0.1) is 7.92 Å². The summed E-state index contributed by atoms with van der Waals surface area (Å²) >= 11 is 0. The largest absolute Gasteiger partial charge is 0.494 e. The van der Waals surface area contributed by atoms with E-state index in [0.29, 0.717) is 17.4 Å². The molecule has 0 spiro atoms. The summed E-state index contributed by atoms with van der Waals surface area (Å²) < 4.78 is 8.18. The van der Waals surface area contributed by atoms with Crippen molar-refractivity contribution in [2.24, 2.45) is 0 Å². The van der Waals surface area contributed by atoms with Gasteiger partial charge in [-0.3, -0.25) is 0 Å². The van der Waals surface area contributed by atoms with Gasteiger partial charge < -0.3 is 30.2 Å². The SMILES string of the molecule is COc1cc(N(C)CCN(C)C)c(N)cc1Nc1ncc(CCP(C)C)c(-c2cn3c4c(cccc24)CCC3)n1. The van der Waals surface area contributed by atoms with Gasteiger partial charge in [-0.05, 0) is 70.0 Å². The van der Waals surface area contributed by atoms with Gasteiger partial charge in [-0.1, -0.05) is 18.2 Å². The molecule has 0 amide bonds. The van der Waals surface area contributed by atoms with Crippen molar-refractivity contribution in [2.75, 3.05) is 76.8 Å². The highest BCUT2D eigenvalue weighted by molar-refractivity contribution is 7.55. The second-order valence-corrected chi connectivity index (χ2v) is 13.8. The summed E-state index contributed by atoms with van der Waals surface area (Å²) in [6.07, 6.45) is 8.69. The second kappa shape index (κ2) is 12.0. The number of hydrogen-bond donors (Lipinski definition) is 2. The lowest BCUT2D eigenvalue weighted by Crippen LogP contribution is -2.29. The first-order valence-corrected chi connectivity index (χ1v) is 16.4. The van der Waals surface area contributed by atoms with Crippen LogP contribution in [-0.2, 0) is 19.4 Å². The molecule has 8 nitrogen and oxygen atoms in total. The van der Waals surface area contributed by atoms with Crippen molar-refractivity contribution in [3.8, 4) is 17.0 Å². The number of nitrogens with one attached hydrogen (secondary N) is 1. The lowest BCUT2D eigenvalue weighted by Gasteiger charge is -2.24. The lowest BCUT2D eigenvalue weighted by molar-refractivity contribution is 0.413. The molecule has 212 valence electrons. The van der Waals surface area contributed by atoms with Crippen LogP contribution in [0.2, 0.25) is 0 Å². The summed E-state index contributed by atoms with van der Waals surface area (Å²) in [5.41, 5.74) is 15.0. The third-order valence-electron chi connectivity index (χ3n) is 7.66. The average molecular weight is 560 g/mol. The molecule has 9 heteroatoms. The van der Waals surface area contributed by atoms with E-state index in [-0.39, 0.29) is 7.92 Å². The molecule has 0 saturated heterocycles. The minimum atomic E-state index is -0.0195. The van der Waals surface area contributed by atoms with Gasteiger partial charge in [0.25, 0.3) is 0 Å². The van der Waals surface area contributed by atoms with Gasteiger partial charge in [0.05, 0.1) is 35.4 Å². The molecule has 0 bridgehead atoms. The maximum absolute atomic E-state index is 6.53. The Morgan fingerprint density at radius 1 is 1.15 bits per heavy atom. The van der Waals surface area contributed by atoms with E-state index in [1.165, 1.54) is 34.0 Å². The Bertz CT molecular complexity index is 1500. The molecule has 0 fully saturated rings. The van der Waals surface area contributed by atoms with E-state index in [9.17, 15) is 0 Å². The van der Waals surface area contributed by atoms with Crippen LogP contribution >= 0.6 is 7.92 Å². The van der Waals surface area contributed by atoms with Gasteiger partial charge in [0, 0.05) is 56.1 Å². The molecule has 3 heterocycles. The molecule has 0 atom stereocenters. The van der Waals surface area contributed by atoms with E-state index in [0.717, 1.165) is 55.7 Å². The third kappa shape index (κ3) is 5.89. The first-order chi connectivity index (χ1) is 19.2. The Labute approximate surface area is 239 Å². The van der Waals surface area contributed by atoms with Crippen LogP contribution in [-0.4, -0.2) is 80.3 Å². The minimum Gasteiger partial charge on any atom is -0.494 e. The van der Waals surface area contributed by atoms with E-state index >= 15 is 0 Å². The number of likely N-dealkylation sites (N-methyl/N-ethyl adjacent to an activating group) is 2. The fraction of sp³-hybridized carbons (Fsp3) is 0.419. The van der Waals surface area contributed by atoms with Gasteiger partial charge in [0.15, 0.2) is 0 Å². The van der Waals surface area contributed by atoms with E-state index < -0.39 is 0 Å². The van der Waals surface area contributed by atoms with Gasteiger partial charge in [0.1, 0.15) is 5.75 Å². The highest BCUT2D eigenvalue weighted by atomic mass is 31.1. The van der Waals surface area contributed by atoms with Crippen LogP contribution in [0.4, 0.5) is 23.0 Å².